The van der Waals surface area contributed by atoms with E-state index in [1.807, 2.05) is 0 Å². The standard InChI is InChI=1S/C9H18O2Si/c1-8(2)12-6-4-3-5-9(11-12)7-10-12/h8-9H,3-7H2,1-2H3. The van der Waals surface area contributed by atoms with E-state index in [0.717, 1.165) is 6.61 Å². The predicted octanol–water partition coefficient (Wildman–Crippen LogP) is 2.44. The van der Waals surface area contributed by atoms with Gasteiger partial charge in [-0.3, -0.25) is 0 Å². The minimum atomic E-state index is -1.71. The van der Waals surface area contributed by atoms with E-state index in [2.05, 4.69) is 13.8 Å². The highest BCUT2D eigenvalue weighted by atomic mass is 28.4. The molecule has 0 radical (unpaired) electrons. The maximum Gasteiger partial charge on any atom is 0.341 e. The zero-order valence-corrected chi connectivity index (χ0v) is 9.01. The third kappa shape index (κ3) is 1.34. The molecule has 2 unspecified atom stereocenters. The van der Waals surface area contributed by atoms with E-state index in [1.54, 1.807) is 0 Å². The largest absolute Gasteiger partial charge is 0.391 e. The highest BCUT2D eigenvalue weighted by Crippen LogP contribution is 2.39. The molecule has 0 saturated carbocycles. The normalized spacial score (nSPS) is 41.8. The fourth-order valence-corrected chi connectivity index (χ4v) is 5.67. The van der Waals surface area contributed by atoms with Gasteiger partial charge in [-0.2, -0.15) is 0 Å². The zero-order valence-electron chi connectivity index (χ0n) is 8.01. The Kier molecular flexibility index (Phi) is 2.27. The van der Waals surface area contributed by atoms with Crippen molar-refractivity contribution in [1.82, 2.24) is 0 Å². The van der Waals surface area contributed by atoms with Gasteiger partial charge in [-0.05, 0) is 18.0 Å². The highest BCUT2D eigenvalue weighted by molar-refractivity contribution is 6.69. The summed E-state index contributed by atoms with van der Waals surface area (Å²) in [6, 6.07) is 1.22. The van der Waals surface area contributed by atoms with E-state index >= 15 is 0 Å². The van der Waals surface area contributed by atoms with Gasteiger partial charge in [0.2, 0.25) is 0 Å². The van der Waals surface area contributed by atoms with Crippen LogP contribution in [0, 0.1) is 0 Å². The van der Waals surface area contributed by atoms with Crippen molar-refractivity contribution in [1.29, 1.82) is 0 Å². The number of hydrogen-bond acceptors (Lipinski definition) is 2. The zero-order chi connectivity index (χ0) is 8.60. The fraction of sp³-hybridized carbons (Fsp3) is 1.00. The summed E-state index contributed by atoms with van der Waals surface area (Å²) in [6.45, 7) is 5.38. The molecule has 2 bridgehead atoms. The SMILES string of the molecule is CC(C)[Si]12CCCCC(CO1)O2. The lowest BCUT2D eigenvalue weighted by Gasteiger charge is -2.26. The number of rotatable bonds is 1. The Morgan fingerprint density at radius 2 is 2.17 bits per heavy atom. The first-order chi connectivity index (χ1) is 5.73. The first-order valence-corrected chi connectivity index (χ1v) is 7.15. The van der Waals surface area contributed by atoms with Gasteiger partial charge in [-0.25, -0.2) is 0 Å². The summed E-state index contributed by atoms with van der Waals surface area (Å²) in [5.41, 5.74) is 0.626. The summed E-state index contributed by atoms with van der Waals surface area (Å²) in [5.74, 6) is 0. The smallest absolute Gasteiger partial charge is 0.341 e. The van der Waals surface area contributed by atoms with Gasteiger partial charge in [0, 0.05) is 0 Å². The molecule has 0 spiro atoms. The maximum absolute atomic E-state index is 6.09. The first-order valence-electron chi connectivity index (χ1n) is 5.05. The lowest BCUT2D eigenvalue weighted by atomic mass is 10.2. The van der Waals surface area contributed by atoms with Crippen molar-refractivity contribution in [3.05, 3.63) is 0 Å². The van der Waals surface area contributed by atoms with E-state index in [0.29, 0.717) is 11.6 Å². The highest BCUT2D eigenvalue weighted by Gasteiger charge is 2.49. The van der Waals surface area contributed by atoms with E-state index in [4.69, 9.17) is 8.85 Å². The van der Waals surface area contributed by atoms with E-state index < -0.39 is 8.56 Å². The van der Waals surface area contributed by atoms with Crippen molar-refractivity contribution in [2.45, 2.75) is 50.8 Å². The monoisotopic (exact) mass is 186 g/mol. The van der Waals surface area contributed by atoms with Crippen LogP contribution in [0.1, 0.15) is 33.1 Å². The topological polar surface area (TPSA) is 18.5 Å². The Morgan fingerprint density at radius 1 is 1.33 bits per heavy atom. The lowest BCUT2D eigenvalue weighted by molar-refractivity contribution is 0.218. The Balaban J connectivity index is 2.13. The maximum atomic E-state index is 6.09. The van der Waals surface area contributed by atoms with Gasteiger partial charge in [0.15, 0.2) is 0 Å². The summed E-state index contributed by atoms with van der Waals surface area (Å²) in [5, 5.41) is 0. The molecule has 3 heteroatoms. The van der Waals surface area contributed by atoms with Gasteiger partial charge >= 0.3 is 8.56 Å². The van der Waals surface area contributed by atoms with Crippen LogP contribution in [0.2, 0.25) is 11.6 Å². The number of hydrogen-bond donors (Lipinski definition) is 0. The summed E-state index contributed by atoms with van der Waals surface area (Å²) in [6.07, 6.45) is 4.33. The molecule has 12 heavy (non-hydrogen) atoms. The van der Waals surface area contributed by atoms with Crippen LogP contribution in [-0.4, -0.2) is 21.3 Å². The van der Waals surface area contributed by atoms with E-state index in [1.165, 1.54) is 25.3 Å². The summed E-state index contributed by atoms with van der Waals surface area (Å²) in [4.78, 5) is 0. The van der Waals surface area contributed by atoms with E-state index in [-0.39, 0.29) is 0 Å². The van der Waals surface area contributed by atoms with Crippen LogP contribution < -0.4 is 0 Å². The average molecular weight is 186 g/mol. The van der Waals surface area contributed by atoms with Gasteiger partial charge in [-0.15, -0.1) is 0 Å². The van der Waals surface area contributed by atoms with Crippen LogP contribution in [-0.2, 0) is 8.85 Å². The average Bonchev–Trinajstić information content (AvgIpc) is 2.27. The van der Waals surface area contributed by atoms with Gasteiger partial charge in [0.25, 0.3) is 0 Å². The van der Waals surface area contributed by atoms with Crippen molar-refractivity contribution >= 4 is 8.56 Å². The molecule has 0 aromatic rings. The molecule has 2 fully saturated rings. The number of fused-ring (bicyclic) bond motifs is 2. The quantitative estimate of drug-likeness (QED) is 0.586. The molecule has 0 aromatic carbocycles. The van der Waals surface area contributed by atoms with E-state index in [9.17, 15) is 0 Å². The van der Waals surface area contributed by atoms with Crippen LogP contribution >= 0.6 is 0 Å². The van der Waals surface area contributed by atoms with Crippen molar-refractivity contribution in [3.63, 3.8) is 0 Å². The second-order valence-corrected chi connectivity index (χ2v) is 8.07. The van der Waals surface area contributed by atoms with Gasteiger partial charge in [0.1, 0.15) is 0 Å². The Morgan fingerprint density at radius 3 is 2.92 bits per heavy atom. The molecule has 70 valence electrons. The molecule has 0 aromatic heterocycles. The second kappa shape index (κ2) is 3.12. The molecule has 0 amide bonds. The third-order valence-electron chi connectivity index (χ3n) is 3.06. The van der Waals surface area contributed by atoms with Crippen LogP contribution in [0.5, 0.6) is 0 Å². The van der Waals surface area contributed by atoms with Crippen molar-refractivity contribution < 1.29 is 8.85 Å². The van der Waals surface area contributed by atoms with Gasteiger partial charge in [0.05, 0.1) is 12.7 Å². The van der Waals surface area contributed by atoms with Crippen LogP contribution in [0.25, 0.3) is 0 Å². The van der Waals surface area contributed by atoms with Crippen LogP contribution in [0.4, 0.5) is 0 Å². The molecule has 2 aliphatic rings. The molecule has 0 aliphatic carbocycles. The molecular formula is C9H18O2Si. The van der Waals surface area contributed by atoms with Crippen molar-refractivity contribution in [2.24, 2.45) is 0 Å². The summed E-state index contributed by atoms with van der Waals surface area (Å²) >= 11 is 0. The second-order valence-electron chi connectivity index (χ2n) is 4.26. The molecule has 2 atom stereocenters. The van der Waals surface area contributed by atoms with Gasteiger partial charge in [-0.1, -0.05) is 26.7 Å². The minimum Gasteiger partial charge on any atom is -0.391 e. The Hall–Kier alpha value is 0.137. The van der Waals surface area contributed by atoms with Crippen LogP contribution in [0.15, 0.2) is 0 Å². The molecule has 2 aliphatic heterocycles. The first kappa shape index (κ1) is 8.72. The summed E-state index contributed by atoms with van der Waals surface area (Å²) < 4.78 is 12.0. The molecule has 2 nitrogen and oxygen atoms in total. The fourth-order valence-electron chi connectivity index (χ4n) is 2.19. The Bertz CT molecular complexity index is 172. The van der Waals surface area contributed by atoms with Crippen molar-refractivity contribution in [2.75, 3.05) is 6.61 Å². The van der Waals surface area contributed by atoms with Crippen molar-refractivity contribution in [3.8, 4) is 0 Å². The molecule has 2 saturated heterocycles. The molecule has 2 heterocycles. The molecule has 0 N–H and O–H groups in total. The van der Waals surface area contributed by atoms with Gasteiger partial charge < -0.3 is 8.85 Å². The third-order valence-corrected chi connectivity index (χ3v) is 7.26. The van der Waals surface area contributed by atoms with Crippen LogP contribution in [0.3, 0.4) is 0 Å². The Labute approximate surface area is 75.5 Å². The minimum absolute atomic E-state index is 0.446. The lowest BCUT2D eigenvalue weighted by Crippen LogP contribution is -2.39. The molecular weight excluding hydrogens is 168 g/mol. The predicted molar refractivity (Wildman–Crippen MR) is 50.3 cm³/mol. The summed E-state index contributed by atoms with van der Waals surface area (Å²) in [7, 11) is -1.71. The molecule has 2 rings (SSSR count).